The van der Waals surface area contributed by atoms with Crippen molar-refractivity contribution >= 4 is 0 Å². The summed E-state index contributed by atoms with van der Waals surface area (Å²) in [5, 5.41) is 12.8. The van der Waals surface area contributed by atoms with Crippen LogP contribution in [0.5, 0.6) is 0 Å². The molecular formula is C14H21NO. The standard InChI is InChI=1S/C14H21NO/c1-10-5-3-6-12(11(10)2)13-7-4-8-15-14(13)9-16/h3,5-6,13-16H,4,7-9H2,1-2H3. The van der Waals surface area contributed by atoms with Crippen molar-refractivity contribution in [2.24, 2.45) is 0 Å². The molecule has 2 unspecified atom stereocenters. The molecule has 0 radical (unpaired) electrons. The predicted octanol–water partition coefficient (Wildman–Crippen LogP) is 2.13. The van der Waals surface area contributed by atoms with Gasteiger partial charge in [0.25, 0.3) is 0 Å². The van der Waals surface area contributed by atoms with E-state index in [1.165, 1.54) is 29.5 Å². The first-order valence-corrected chi connectivity index (χ1v) is 6.14. The van der Waals surface area contributed by atoms with E-state index in [0.717, 1.165) is 6.54 Å². The number of piperidine rings is 1. The first-order valence-electron chi connectivity index (χ1n) is 6.14. The zero-order valence-corrected chi connectivity index (χ0v) is 10.2. The highest BCUT2D eigenvalue weighted by Crippen LogP contribution is 2.31. The Hall–Kier alpha value is -0.860. The van der Waals surface area contributed by atoms with Gasteiger partial charge in [0.05, 0.1) is 6.61 Å². The van der Waals surface area contributed by atoms with Gasteiger partial charge in [0.1, 0.15) is 0 Å². The zero-order valence-electron chi connectivity index (χ0n) is 10.2. The number of aliphatic hydroxyl groups is 1. The van der Waals surface area contributed by atoms with Crippen molar-refractivity contribution in [2.45, 2.75) is 38.6 Å². The summed E-state index contributed by atoms with van der Waals surface area (Å²) in [6.45, 7) is 5.61. The largest absolute Gasteiger partial charge is 0.395 e. The minimum atomic E-state index is 0.231. The van der Waals surface area contributed by atoms with Gasteiger partial charge in [0.15, 0.2) is 0 Å². The minimum Gasteiger partial charge on any atom is -0.395 e. The van der Waals surface area contributed by atoms with Crippen LogP contribution in [0.1, 0.15) is 35.4 Å². The highest BCUT2D eigenvalue weighted by Gasteiger charge is 2.26. The lowest BCUT2D eigenvalue weighted by Crippen LogP contribution is -2.42. The van der Waals surface area contributed by atoms with Crippen molar-refractivity contribution in [3.05, 3.63) is 34.9 Å². The third kappa shape index (κ3) is 2.13. The summed E-state index contributed by atoms with van der Waals surface area (Å²) in [5.41, 5.74) is 4.14. The molecule has 0 saturated carbocycles. The van der Waals surface area contributed by atoms with Crippen LogP contribution >= 0.6 is 0 Å². The third-order valence-corrected chi connectivity index (χ3v) is 3.83. The zero-order chi connectivity index (χ0) is 11.5. The number of hydrogen-bond acceptors (Lipinski definition) is 2. The second kappa shape index (κ2) is 4.98. The molecule has 88 valence electrons. The van der Waals surface area contributed by atoms with Gasteiger partial charge < -0.3 is 10.4 Å². The normalized spacial score (nSPS) is 25.7. The monoisotopic (exact) mass is 219 g/mol. The average molecular weight is 219 g/mol. The van der Waals surface area contributed by atoms with Crippen LogP contribution in [0.4, 0.5) is 0 Å². The molecule has 2 N–H and O–H groups in total. The molecule has 1 heterocycles. The quantitative estimate of drug-likeness (QED) is 0.798. The Morgan fingerprint density at radius 2 is 2.19 bits per heavy atom. The van der Waals surface area contributed by atoms with Gasteiger partial charge in [-0.1, -0.05) is 18.2 Å². The number of nitrogens with one attached hydrogen (secondary N) is 1. The average Bonchev–Trinajstić information content (AvgIpc) is 2.33. The van der Waals surface area contributed by atoms with Crippen LogP contribution in [0.15, 0.2) is 18.2 Å². The van der Waals surface area contributed by atoms with Crippen LogP contribution in [0.25, 0.3) is 0 Å². The molecule has 2 nitrogen and oxygen atoms in total. The minimum absolute atomic E-state index is 0.231. The fraction of sp³-hybridized carbons (Fsp3) is 0.571. The fourth-order valence-corrected chi connectivity index (χ4v) is 2.69. The molecule has 2 atom stereocenters. The molecule has 0 bridgehead atoms. The van der Waals surface area contributed by atoms with Gasteiger partial charge in [-0.25, -0.2) is 0 Å². The number of aliphatic hydroxyl groups excluding tert-OH is 1. The Bertz CT molecular complexity index is 362. The highest BCUT2D eigenvalue weighted by atomic mass is 16.3. The fourth-order valence-electron chi connectivity index (χ4n) is 2.69. The van der Waals surface area contributed by atoms with E-state index in [2.05, 4.69) is 37.4 Å². The van der Waals surface area contributed by atoms with Gasteiger partial charge in [-0.05, 0) is 49.9 Å². The van der Waals surface area contributed by atoms with E-state index in [1.807, 2.05) is 0 Å². The molecule has 2 heteroatoms. The van der Waals surface area contributed by atoms with E-state index < -0.39 is 0 Å². The highest BCUT2D eigenvalue weighted by molar-refractivity contribution is 5.36. The predicted molar refractivity (Wildman–Crippen MR) is 66.8 cm³/mol. The molecule has 16 heavy (non-hydrogen) atoms. The van der Waals surface area contributed by atoms with Crippen LogP contribution in [0, 0.1) is 13.8 Å². The summed E-state index contributed by atoms with van der Waals surface area (Å²) in [4.78, 5) is 0. The summed E-state index contributed by atoms with van der Waals surface area (Å²) in [6.07, 6.45) is 2.39. The second-order valence-electron chi connectivity index (χ2n) is 4.78. The van der Waals surface area contributed by atoms with E-state index in [4.69, 9.17) is 0 Å². The first-order chi connectivity index (χ1) is 7.74. The van der Waals surface area contributed by atoms with Crippen molar-refractivity contribution in [1.82, 2.24) is 5.32 Å². The SMILES string of the molecule is Cc1cccc(C2CCCNC2CO)c1C. The maximum Gasteiger partial charge on any atom is 0.0590 e. The van der Waals surface area contributed by atoms with Crippen molar-refractivity contribution in [3.63, 3.8) is 0 Å². The van der Waals surface area contributed by atoms with Crippen LogP contribution < -0.4 is 5.32 Å². The Morgan fingerprint density at radius 3 is 2.94 bits per heavy atom. The molecule has 0 spiro atoms. The lowest BCUT2D eigenvalue weighted by Gasteiger charge is -2.33. The summed E-state index contributed by atoms with van der Waals surface area (Å²) in [5.74, 6) is 0.471. The topological polar surface area (TPSA) is 32.3 Å². The third-order valence-electron chi connectivity index (χ3n) is 3.83. The van der Waals surface area contributed by atoms with Crippen molar-refractivity contribution in [1.29, 1.82) is 0 Å². The molecule has 2 rings (SSSR count). The molecule has 0 aliphatic carbocycles. The van der Waals surface area contributed by atoms with Gasteiger partial charge in [-0.3, -0.25) is 0 Å². The number of hydrogen-bond donors (Lipinski definition) is 2. The van der Waals surface area contributed by atoms with E-state index in [9.17, 15) is 5.11 Å². The molecule has 1 aromatic rings. The van der Waals surface area contributed by atoms with Gasteiger partial charge >= 0.3 is 0 Å². The molecule has 1 fully saturated rings. The molecule has 0 aromatic heterocycles. The Balaban J connectivity index is 2.30. The molecule has 1 aliphatic heterocycles. The van der Waals surface area contributed by atoms with Gasteiger partial charge in [0.2, 0.25) is 0 Å². The molecule has 1 aliphatic rings. The smallest absolute Gasteiger partial charge is 0.0590 e. The molecule has 1 saturated heterocycles. The van der Waals surface area contributed by atoms with Crippen molar-refractivity contribution in [2.75, 3.05) is 13.2 Å². The Morgan fingerprint density at radius 1 is 1.38 bits per heavy atom. The summed E-state index contributed by atoms with van der Waals surface area (Å²) in [6, 6.07) is 6.72. The van der Waals surface area contributed by atoms with Crippen LogP contribution in [0.3, 0.4) is 0 Å². The van der Waals surface area contributed by atoms with E-state index in [1.54, 1.807) is 0 Å². The van der Waals surface area contributed by atoms with Gasteiger partial charge in [-0.2, -0.15) is 0 Å². The summed E-state index contributed by atoms with van der Waals surface area (Å²) in [7, 11) is 0. The maximum atomic E-state index is 9.42. The van der Waals surface area contributed by atoms with Crippen molar-refractivity contribution in [3.8, 4) is 0 Å². The van der Waals surface area contributed by atoms with Gasteiger partial charge in [-0.15, -0.1) is 0 Å². The van der Waals surface area contributed by atoms with E-state index in [-0.39, 0.29) is 12.6 Å². The Kier molecular flexibility index (Phi) is 3.62. The van der Waals surface area contributed by atoms with Gasteiger partial charge in [0, 0.05) is 12.0 Å². The second-order valence-corrected chi connectivity index (χ2v) is 4.78. The van der Waals surface area contributed by atoms with E-state index >= 15 is 0 Å². The number of rotatable bonds is 2. The van der Waals surface area contributed by atoms with E-state index in [0.29, 0.717) is 5.92 Å². The number of benzene rings is 1. The Labute approximate surface area is 97.7 Å². The first kappa shape index (κ1) is 11.6. The summed E-state index contributed by atoms with van der Waals surface area (Å²) < 4.78 is 0. The van der Waals surface area contributed by atoms with Crippen LogP contribution in [-0.2, 0) is 0 Å². The van der Waals surface area contributed by atoms with Crippen LogP contribution in [-0.4, -0.2) is 24.3 Å². The van der Waals surface area contributed by atoms with Crippen LogP contribution in [0.2, 0.25) is 0 Å². The number of aryl methyl sites for hydroxylation is 1. The van der Waals surface area contributed by atoms with Crippen molar-refractivity contribution < 1.29 is 5.11 Å². The molecule has 1 aromatic carbocycles. The lowest BCUT2D eigenvalue weighted by atomic mass is 9.82. The maximum absolute atomic E-state index is 9.42. The molecular weight excluding hydrogens is 198 g/mol. The summed E-state index contributed by atoms with van der Waals surface area (Å²) >= 11 is 0. The molecule has 0 amide bonds. The lowest BCUT2D eigenvalue weighted by molar-refractivity contribution is 0.201.